The maximum absolute atomic E-state index is 5.95. The molecule has 0 aromatic heterocycles. The van der Waals surface area contributed by atoms with Crippen LogP contribution in [0.15, 0.2) is 42.5 Å². The fourth-order valence-electron chi connectivity index (χ4n) is 2.66. The highest BCUT2D eigenvalue weighted by Gasteiger charge is 2.18. The van der Waals surface area contributed by atoms with Crippen LogP contribution >= 0.6 is 0 Å². The van der Waals surface area contributed by atoms with E-state index in [1.165, 1.54) is 16.7 Å². The summed E-state index contributed by atoms with van der Waals surface area (Å²) in [5.74, 6) is 0.744. The van der Waals surface area contributed by atoms with Gasteiger partial charge in [0, 0.05) is 19.6 Å². The van der Waals surface area contributed by atoms with Crippen molar-refractivity contribution in [2.45, 2.75) is 19.6 Å². The number of fused-ring (bicyclic) bond motifs is 1. The number of hydrogen-bond acceptors (Lipinski definition) is 3. The summed E-state index contributed by atoms with van der Waals surface area (Å²) in [6, 6.07) is 14.6. The van der Waals surface area contributed by atoms with Crippen LogP contribution in [0.25, 0.3) is 0 Å². The average molecular weight is 254 g/mol. The summed E-state index contributed by atoms with van der Waals surface area (Å²) >= 11 is 0. The minimum atomic E-state index is 0.705. The van der Waals surface area contributed by atoms with Crippen molar-refractivity contribution in [2.24, 2.45) is 0 Å². The van der Waals surface area contributed by atoms with E-state index in [1.807, 2.05) is 12.1 Å². The molecule has 0 radical (unpaired) electrons. The first-order valence-corrected chi connectivity index (χ1v) is 6.48. The molecule has 1 heterocycles. The van der Waals surface area contributed by atoms with Gasteiger partial charge >= 0.3 is 0 Å². The van der Waals surface area contributed by atoms with E-state index in [-0.39, 0.29) is 0 Å². The monoisotopic (exact) mass is 254 g/mol. The van der Waals surface area contributed by atoms with Crippen LogP contribution in [0, 0.1) is 0 Å². The Balaban J connectivity index is 1.72. The number of benzene rings is 2. The number of nitrogens with two attached hydrogens (primary N) is 1. The third-order valence-corrected chi connectivity index (χ3v) is 3.61. The van der Waals surface area contributed by atoms with Gasteiger partial charge in [0.2, 0.25) is 0 Å². The van der Waals surface area contributed by atoms with Gasteiger partial charge in [-0.3, -0.25) is 4.90 Å². The molecule has 3 rings (SSSR count). The van der Waals surface area contributed by atoms with Gasteiger partial charge in [-0.2, -0.15) is 0 Å². The van der Waals surface area contributed by atoms with Crippen molar-refractivity contribution in [3.63, 3.8) is 0 Å². The molecule has 3 nitrogen and oxygen atoms in total. The Hall–Kier alpha value is -2.00. The lowest BCUT2D eigenvalue weighted by atomic mass is 10.1. The van der Waals surface area contributed by atoms with Crippen LogP contribution in [0.2, 0.25) is 0 Å². The highest BCUT2D eigenvalue weighted by molar-refractivity contribution is 5.54. The molecule has 3 heteroatoms. The van der Waals surface area contributed by atoms with Crippen LogP contribution in [0.5, 0.6) is 5.75 Å². The van der Waals surface area contributed by atoms with E-state index in [0.717, 1.165) is 25.4 Å². The van der Waals surface area contributed by atoms with E-state index in [2.05, 4.69) is 35.2 Å². The maximum Gasteiger partial charge on any atom is 0.141 e. The van der Waals surface area contributed by atoms with E-state index in [4.69, 9.17) is 10.5 Å². The molecule has 1 aliphatic heterocycles. The molecule has 0 fully saturated rings. The summed E-state index contributed by atoms with van der Waals surface area (Å²) in [6.07, 6.45) is 0. The predicted octanol–water partition coefficient (Wildman–Crippen LogP) is 2.79. The molecule has 2 N–H and O–H groups in total. The largest absolute Gasteiger partial charge is 0.495 e. The molecular weight excluding hydrogens is 236 g/mol. The number of methoxy groups -OCH3 is 1. The van der Waals surface area contributed by atoms with Crippen molar-refractivity contribution in [3.05, 3.63) is 59.2 Å². The Labute approximate surface area is 113 Å². The summed E-state index contributed by atoms with van der Waals surface area (Å²) in [5.41, 5.74) is 10.7. The summed E-state index contributed by atoms with van der Waals surface area (Å²) < 4.78 is 5.18. The molecule has 0 amide bonds. The zero-order valence-corrected chi connectivity index (χ0v) is 11.1. The Morgan fingerprint density at radius 1 is 1.11 bits per heavy atom. The highest BCUT2D eigenvalue weighted by Crippen LogP contribution is 2.26. The second-order valence-corrected chi connectivity index (χ2v) is 4.99. The summed E-state index contributed by atoms with van der Waals surface area (Å²) in [6.45, 7) is 2.95. The normalized spacial score (nSPS) is 14.4. The second kappa shape index (κ2) is 4.94. The fraction of sp³-hybridized carbons (Fsp3) is 0.250. The number of ether oxygens (including phenoxy) is 1. The number of hydrogen-bond donors (Lipinski definition) is 1. The molecule has 0 saturated heterocycles. The molecule has 98 valence electrons. The van der Waals surface area contributed by atoms with E-state index >= 15 is 0 Å². The van der Waals surface area contributed by atoms with Crippen molar-refractivity contribution >= 4 is 5.69 Å². The zero-order chi connectivity index (χ0) is 13.2. The molecule has 2 aromatic rings. The summed E-state index contributed by atoms with van der Waals surface area (Å²) in [4.78, 5) is 2.42. The van der Waals surface area contributed by atoms with Gasteiger partial charge in [0.1, 0.15) is 5.75 Å². The second-order valence-electron chi connectivity index (χ2n) is 4.99. The van der Waals surface area contributed by atoms with Gasteiger partial charge in [0.25, 0.3) is 0 Å². The van der Waals surface area contributed by atoms with Crippen molar-refractivity contribution in [1.29, 1.82) is 0 Å². The molecule has 0 aliphatic carbocycles. The van der Waals surface area contributed by atoms with E-state index in [9.17, 15) is 0 Å². The SMILES string of the molecule is COc1ccc(CN2Cc3ccccc3C2)cc1N. The third kappa shape index (κ3) is 2.42. The fourth-order valence-corrected chi connectivity index (χ4v) is 2.66. The van der Waals surface area contributed by atoms with E-state index in [0.29, 0.717) is 5.69 Å². The van der Waals surface area contributed by atoms with E-state index in [1.54, 1.807) is 7.11 Å². The van der Waals surface area contributed by atoms with Crippen molar-refractivity contribution in [1.82, 2.24) is 4.90 Å². The van der Waals surface area contributed by atoms with Crippen LogP contribution in [-0.4, -0.2) is 12.0 Å². The lowest BCUT2D eigenvalue weighted by Gasteiger charge is -2.15. The van der Waals surface area contributed by atoms with Crippen LogP contribution in [0.3, 0.4) is 0 Å². The Morgan fingerprint density at radius 2 is 1.79 bits per heavy atom. The quantitative estimate of drug-likeness (QED) is 0.856. The smallest absolute Gasteiger partial charge is 0.141 e. The molecule has 2 aromatic carbocycles. The van der Waals surface area contributed by atoms with Gasteiger partial charge < -0.3 is 10.5 Å². The maximum atomic E-state index is 5.95. The first-order chi connectivity index (χ1) is 9.26. The molecule has 19 heavy (non-hydrogen) atoms. The predicted molar refractivity (Wildman–Crippen MR) is 76.8 cm³/mol. The van der Waals surface area contributed by atoms with Crippen molar-refractivity contribution < 1.29 is 4.74 Å². The van der Waals surface area contributed by atoms with Crippen LogP contribution in [0.1, 0.15) is 16.7 Å². The summed E-state index contributed by atoms with van der Waals surface area (Å²) in [5, 5.41) is 0. The van der Waals surface area contributed by atoms with Gasteiger partial charge in [-0.1, -0.05) is 30.3 Å². The van der Waals surface area contributed by atoms with Crippen LogP contribution < -0.4 is 10.5 Å². The standard InChI is InChI=1S/C16H18N2O/c1-19-16-7-6-12(8-15(16)17)9-18-10-13-4-2-3-5-14(13)11-18/h2-8H,9-11,17H2,1H3. The molecule has 0 spiro atoms. The lowest BCUT2D eigenvalue weighted by molar-refractivity contribution is 0.275. The van der Waals surface area contributed by atoms with Crippen LogP contribution in [-0.2, 0) is 19.6 Å². The molecular formula is C16H18N2O. The molecule has 1 aliphatic rings. The van der Waals surface area contributed by atoms with Gasteiger partial charge in [-0.15, -0.1) is 0 Å². The van der Waals surface area contributed by atoms with Gasteiger partial charge in [0.15, 0.2) is 0 Å². The van der Waals surface area contributed by atoms with Crippen molar-refractivity contribution in [2.75, 3.05) is 12.8 Å². The zero-order valence-electron chi connectivity index (χ0n) is 11.1. The Bertz CT molecular complexity index is 570. The van der Waals surface area contributed by atoms with Gasteiger partial charge in [-0.05, 0) is 28.8 Å². The third-order valence-electron chi connectivity index (χ3n) is 3.61. The van der Waals surface area contributed by atoms with Crippen LogP contribution in [0.4, 0.5) is 5.69 Å². The van der Waals surface area contributed by atoms with Gasteiger partial charge in [-0.25, -0.2) is 0 Å². The number of nitrogens with zero attached hydrogens (tertiary/aromatic N) is 1. The number of rotatable bonds is 3. The van der Waals surface area contributed by atoms with E-state index < -0.39 is 0 Å². The minimum absolute atomic E-state index is 0.705. The summed E-state index contributed by atoms with van der Waals surface area (Å²) in [7, 11) is 1.64. The van der Waals surface area contributed by atoms with Crippen molar-refractivity contribution in [3.8, 4) is 5.75 Å². The number of anilines is 1. The molecule has 0 bridgehead atoms. The molecule has 0 unspecified atom stereocenters. The Morgan fingerprint density at radius 3 is 2.37 bits per heavy atom. The van der Waals surface area contributed by atoms with Gasteiger partial charge in [0.05, 0.1) is 12.8 Å². The highest BCUT2D eigenvalue weighted by atomic mass is 16.5. The minimum Gasteiger partial charge on any atom is -0.495 e. The first-order valence-electron chi connectivity index (χ1n) is 6.48. The average Bonchev–Trinajstić information content (AvgIpc) is 2.81. The molecule has 0 saturated carbocycles. The topological polar surface area (TPSA) is 38.5 Å². The lowest BCUT2D eigenvalue weighted by Crippen LogP contribution is -2.15. The Kier molecular flexibility index (Phi) is 3.13. The molecule has 0 atom stereocenters. The first kappa shape index (κ1) is 12.1. The number of nitrogen functional groups attached to an aromatic ring is 1.